The Morgan fingerprint density at radius 1 is 1.67 bits per heavy atom. The Kier molecular flexibility index (Phi) is 7.17. The standard InChI is InChI=1S/C6H14N2O3S/c1-12-3-2-5(6(10)11)8-7-4-9/h5,7-9H,2-4H2,1H3,(H,10,11)/t5-/m0/s1. The lowest BCUT2D eigenvalue weighted by atomic mass is 10.2. The van der Waals surface area contributed by atoms with Crippen molar-refractivity contribution < 1.29 is 15.0 Å². The van der Waals surface area contributed by atoms with Crippen molar-refractivity contribution in [3.63, 3.8) is 0 Å². The van der Waals surface area contributed by atoms with E-state index in [4.69, 9.17) is 10.2 Å². The number of hydrazine groups is 1. The molecule has 0 aromatic carbocycles. The molecule has 0 rings (SSSR count). The highest BCUT2D eigenvalue weighted by atomic mass is 32.2. The average molecular weight is 194 g/mol. The smallest absolute Gasteiger partial charge is 0.322 e. The van der Waals surface area contributed by atoms with Crippen LogP contribution in [0.3, 0.4) is 0 Å². The van der Waals surface area contributed by atoms with Crippen LogP contribution in [0.4, 0.5) is 0 Å². The maximum absolute atomic E-state index is 10.5. The topological polar surface area (TPSA) is 81.6 Å². The van der Waals surface area contributed by atoms with Gasteiger partial charge < -0.3 is 10.2 Å². The van der Waals surface area contributed by atoms with Crippen molar-refractivity contribution in [2.45, 2.75) is 12.5 Å². The molecule has 6 heteroatoms. The normalized spacial score (nSPS) is 12.8. The fraction of sp³-hybridized carbons (Fsp3) is 0.833. The first-order valence-electron chi connectivity index (χ1n) is 3.53. The fourth-order valence-corrected chi connectivity index (χ4v) is 1.13. The number of aliphatic carboxylic acids is 1. The Balaban J connectivity index is 3.62. The van der Waals surface area contributed by atoms with Crippen molar-refractivity contribution >= 4 is 17.7 Å². The number of nitrogens with one attached hydrogen (secondary N) is 2. The number of aliphatic hydroxyl groups is 1. The summed E-state index contributed by atoms with van der Waals surface area (Å²) in [7, 11) is 0. The summed E-state index contributed by atoms with van der Waals surface area (Å²) in [5.41, 5.74) is 4.84. The summed E-state index contributed by atoms with van der Waals surface area (Å²) in [4.78, 5) is 10.5. The van der Waals surface area contributed by atoms with E-state index < -0.39 is 12.0 Å². The van der Waals surface area contributed by atoms with Crippen molar-refractivity contribution in [3.8, 4) is 0 Å². The highest BCUT2D eigenvalue weighted by Crippen LogP contribution is 1.99. The van der Waals surface area contributed by atoms with Gasteiger partial charge in [-0.3, -0.25) is 4.79 Å². The molecule has 0 saturated heterocycles. The van der Waals surface area contributed by atoms with E-state index in [-0.39, 0.29) is 6.73 Å². The summed E-state index contributed by atoms with van der Waals surface area (Å²) >= 11 is 1.59. The largest absolute Gasteiger partial charge is 0.480 e. The van der Waals surface area contributed by atoms with Crippen LogP contribution in [-0.4, -0.2) is 41.0 Å². The number of rotatable bonds is 7. The van der Waals surface area contributed by atoms with Crippen LogP contribution in [-0.2, 0) is 4.79 Å². The van der Waals surface area contributed by atoms with E-state index in [1.807, 2.05) is 6.26 Å². The lowest BCUT2D eigenvalue weighted by molar-refractivity contribution is -0.139. The van der Waals surface area contributed by atoms with Gasteiger partial charge in [-0.05, 0) is 18.4 Å². The van der Waals surface area contributed by atoms with Gasteiger partial charge in [0.1, 0.15) is 12.8 Å². The van der Waals surface area contributed by atoms with Gasteiger partial charge in [-0.25, -0.2) is 10.9 Å². The summed E-state index contributed by atoms with van der Waals surface area (Å²) in [5, 5.41) is 17.0. The van der Waals surface area contributed by atoms with Crippen LogP contribution in [0.25, 0.3) is 0 Å². The van der Waals surface area contributed by atoms with Gasteiger partial charge in [0.2, 0.25) is 0 Å². The molecule has 0 heterocycles. The van der Waals surface area contributed by atoms with Crippen LogP contribution < -0.4 is 10.9 Å². The van der Waals surface area contributed by atoms with E-state index >= 15 is 0 Å². The Bertz CT molecular complexity index is 126. The maximum Gasteiger partial charge on any atom is 0.322 e. The van der Waals surface area contributed by atoms with Crippen LogP contribution in [0.1, 0.15) is 6.42 Å². The summed E-state index contributed by atoms with van der Waals surface area (Å²) in [6.07, 6.45) is 2.45. The second kappa shape index (κ2) is 7.35. The zero-order valence-electron chi connectivity index (χ0n) is 6.91. The first-order chi connectivity index (χ1) is 5.72. The van der Waals surface area contributed by atoms with Crippen molar-refractivity contribution in [2.24, 2.45) is 0 Å². The van der Waals surface area contributed by atoms with Gasteiger partial charge in [0, 0.05) is 0 Å². The second-order valence-electron chi connectivity index (χ2n) is 2.15. The molecule has 5 nitrogen and oxygen atoms in total. The lowest BCUT2D eigenvalue weighted by Crippen LogP contribution is -2.46. The van der Waals surface area contributed by atoms with Gasteiger partial charge in [-0.2, -0.15) is 11.8 Å². The Morgan fingerprint density at radius 2 is 2.33 bits per heavy atom. The van der Waals surface area contributed by atoms with E-state index in [0.717, 1.165) is 5.75 Å². The number of aliphatic hydroxyl groups excluding tert-OH is 1. The maximum atomic E-state index is 10.5. The molecule has 0 saturated carbocycles. The summed E-state index contributed by atoms with van der Waals surface area (Å²) < 4.78 is 0. The predicted molar refractivity (Wildman–Crippen MR) is 47.8 cm³/mol. The molecule has 0 spiro atoms. The highest BCUT2D eigenvalue weighted by molar-refractivity contribution is 7.98. The van der Waals surface area contributed by atoms with Gasteiger partial charge in [0.05, 0.1) is 0 Å². The summed E-state index contributed by atoms with van der Waals surface area (Å²) in [6.45, 7) is -0.275. The zero-order chi connectivity index (χ0) is 9.40. The predicted octanol–water partition coefficient (Wildman–Crippen LogP) is -0.763. The Hall–Kier alpha value is -0.300. The van der Waals surface area contributed by atoms with Crippen LogP contribution in [0, 0.1) is 0 Å². The first kappa shape index (κ1) is 11.7. The van der Waals surface area contributed by atoms with Crippen molar-refractivity contribution in [2.75, 3.05) is 18.7 Å². The minimum absolute atomic E-state index is 0.275. The quantitative estimate of drug-likeness (QED) is 0.315. The molecule has 72 valence electrons. The molecule has 0 aliphatic carbocycles. The van der Waals surface area contributed by atoms with Gasteiger partial charge >= 0.3 is 5.97 Å². The molecular formula is C6H14N2O3S. The van der Waals surface area contributed by atoms with Gasteiger partial charge in [-0.1, -0.05) is 0 Å². The number of thioether (sulfide) groups is 1. The Morgan fingerprint density at radius 3 is 2.75 bits per heavy atom. The molecule has 0 aromatic heterocycles. The molecule has 0 bridgehead atoms. The summed E-state index contributed by atoms with van der Waals surface area (Å²) in [6, 6.07) is -0.635. The molecule has 1 atom stereocenters. The van der Waals surface area contributed by atoms with Crippen LogP contribution in [0.2, 0.25) is 0 Å². The highest BCUT2D eigenvalue weighted by Gasteiger charge is 2.14. The molecule has 4 N–H and O–H groups in total. The molecule has 0 aliphatic rings. The molecule has 0 aliphatic heterocycles. The van der Waals surface area contributed by atoms with E-state index in [1.165, 1.54) is 0 Å². The molecule has 0 radical (unpaired) electrons. The molecular weight excluding hydrogens is 180 g/mol. The van der Waals surface area contributed by atoms with Gasteiger partial charge in [0.25, 0.3) is 0 Å². The van der Waals surface area contributed by atoms with Gasteiger partial charge in [-0.15, -0.1) is 0 Å². The Labute approximate surface area is 75.5 Å². The SMILES string of the molecule is CSCC[C@H](NNCO)C(=O)O. The first-order valence-corrected chi connectivity index (χ1v) is 4.92. The van der Waals surface area contributed by atoms with E-state index in [0.29, 0.717) is 6.42 Å². The third-order valence-corrected chi connectivity index (χ3v) is 1.91. The van der Waals surface area contributed by atoms with Crippen LogP contribution in [0.15, 0.2) is 0 Å². The minimum Gasteiger partial charge on any atom is -0.480 e. The number of carboxylic acid groups (broad SMARTS) is 1. The second-order valence-corrected chi connectivity index (χ2v) is 3.14. The molecule has 0 aromatic rings. The zero-order valence-corrected chi connectivity index (χ0v) is 7.73. The monoisotopic (exact) mass is 194 g/mol. The lowest BCUT2D eigenvalue weighted by Gasteiger charge is -2.12. The molecule has 0 amide bonds. The van der Waals surface area contributed by atoms with Crippen molar-refractivity contribution in [1.82, 2.24) is 10.9 Å². The average Bonchev–Trinajstić information content (AvgIpc) is 2.04. The van der Waals surface area contributed by atoms with Crippen molar-refractivity contribution in [3.05, 3.63) is 0 Å². The third kappa shape index (κ3) is 5.36. The van der Waals surface area contributed by atoms with Crippen LogP contribution in [0.5, 0.6) is 0 Å². The van der Waals surface area contributed by atoms with Gasteiger partial charge in [0.15, 0.2) is 0 Å². The number of hydrogen-bond donors (Lipinski definition) is 4. The van der Waals surface area contributed by atoms with E-state index in [1.54, 1.807) is 11.8 Å². The molecule has 0 unspecified atom stereocenters. The minimum atomic E-state index is -0.912. The fourth-order valence-electron chi connectivity index (χ4n) is 0.662. The van der Waals surface area contributed by atoms with Crippen LogP contribution >= 0.6 is 11.8 Å². The summed E-state index contributed by atoms with van der Waals surface area (Å²) in [5.74, 6) is -0.137. The molecule has 0 fully saturated rings. The number of carbonyl (C=O) groups is 1. The van der Waals surface area contributed by atoms with E-state index in [2.05, 4.69) is 10.9 Å². The number of carboxylic acids is 1. The molecule has 12 heavy (non-hydrogen) atoms. The third-order valence-electron chi connectivity index (χ3n) is 1.26. The number of hydrogen-bond acceptors (Lipinski definition) is 5. The van der Waals surface area contributed by atoms with E-state index in [9.17, 15) is 4.79 Å². The van der Waals surface area contributed by atoms with Crippen molar-refractivity contribution in [1.29, 1.82) is 0 Å².